The number of amides is 1. The lowest BCUT2D eigenvalue weighted by atomic mass is 9.86. The van der Waals surface area contributed by atoms with Crippen LogP contribution in [0.25, 0.3) is 0 Å². The number of nitrogens with one attached hydrogen (secondary N) is 2. The van der Waals surface area contributed by atoms with Gasteiger partial charge in [-0.05, 0) is 11.6 Å². The molecule has 0 unspecified atom stereocenters. The summed E-state index contributed by atoms with van der Waals surface area (Å²) in [5, 5.41) is 7.02. The number of benzene rings is 1. The first-order valence-electron chi connectivity index (χ1n) is 5.18. The maximum Gasteiger partial charge on any atom is 0.253 e. The standard InChI is InChI=1S/C11H10Cl2N2O/c12-7-2-1-5-6-3-14-4-8(6)15-11(16)9(5)10(7)13/h1-2,6,8,14H,3-4H2,(H,15,16)/t6-,8+/m1/s1. The molecule has 1 amide bonds. The number of fused-ring (bicyclic) bond motifs is 3. The SMILES string of the molecule is O=C1N[C@H]2CNC[C@@H]2c2ccc(Cl)c(Cl)c21. The maximum atomic E-state index is 11.9. The molecule has 0 radical (unpaired) electrons. The normalized spacial score (nSPS) is 27.2. The molecule has 1 fully saturated rings. The van der Waals surface area contributed by atoms with Crippen LogP contribution in [0.4, 0.5) is 0 Å². The predicted molar refractivity (Wildman–Crippen MR) is 63.3 cm³/mol. The fourth-order valence-corrected chi connectivity index (χ4v) is 2.92. The third kappa shape index (κ3) is 1.35. The zero-order valence-electron chi connectivity index (χ0n) is 8.39. The molecule has 2 heterocycles. The molecule has 0 aromatic heterocycles. The summed E-state index contributed by atoms with van der Waals surface area (Å²) in [6.07, 6.45) is 0. The molecule has 3 rings (SSSR count). The van der Waals surface area contributed by atoms with E-state index in [1.54, 1.807) is 6.07 Å². The van der Waals surface area contributed by atoms with Crippen molar-refractivity contribution in [2.75, 3.05) is 13.1 Å². The van der Waals surface area contributed by atoms with Gasteiger partial charge >= 0.3 is 0 Å². The molecule has 1 aromatic carbocycles. The molecule has 2 atom stereocenters. The van der Waals surface area contributed by atoms with Gasteiger partial charge in [0.05, 0.1) is 15.6 Å². The van der Waals surface area contributed by atoms with Crippen LogP contribution in [0, 0.1) is 0 Å². The highest BCUT2D eigenvalue weighted by Gasteiger charge is 2.38. The Bertz CT molecular complexity index is 475. The van der Waals surface area contributed by atoms with Crippen molar-refractivity contribution in [2.45, 2.75) is 12.0 Å². The molecule has 16 heavy (non-hydrogen) atoms. The molecule has 0 saturated carbocycles. The van der Waals surface area contributed by atoms with Gasteiger partial charge in [-0.3, -0.25) is 4.79 Å². The summed E-state index contributed by atoms with van der Waals surface area (Å²) in [5.74, 6) is 0.190. The van der Waals surface area contributed by atoms with Gasteiger partial charge in [-0.2, -0.15) is 0 Å². The van der Waals surface area contributed by atoms with Crippen LogP contribution in [-0.2, 0) is 0 Å². The van der Waals surface area contributed by atoms with Crippen LogP contribution >= 0.6 is 23.2 Å². The first kappa shape index (κ1) is 10.4. The topological polar surface area (TPSA) is 41.1 Å². The second kappa shape index (κ2) is 3.62. The van der Waals surface area contributed by atoms with Crippen molar-refractivity contribution in [1.82, 2.24) is 10.6 Å². The fraction of sp³-hybridized carbons (Fsp3) is 0.364. The Morgan fingerprint density at radius 3 is 2.88 bits per heavy atom. The van der Waals surface area contributed by atoms with Crippen molar-refractivity contribution >= 4 is 29.1 Å². The highest BCUT2D eigenvalue weighted by molar-refractivity contribution is 6.44. The second-order valence-corrected chi connectivity index (χ2v) is 4.96. The first-order chi connectivity index (χ1) is 7.68. The van der Waals surface area contributed by atoms with E-state index in [2.05, 4.69) is 10.6 Å². The van der Waals surface area contributed by atoms with Crippen LogP contribution in [0.2, 0.25) is 10.0 Å². The Morgan fingerprint density at radius 1 is 1.25 bits per heavy atom. The zero-order valence-corrected chi connectivity index (χ0v) is 9.90. The minimum Gasteiger partial charge on any atom is -0.347 e. The highest BCUT2D eigenvalue weighted by atomic mass is 35.5. The van der Waals surface area contributed by atoms with E-state index in [1.807, 2.05) is 6.07 Å². The average Bonchev–Trinajstić information content (AvgIpc) is 2.70. The minimum absolute atomic E-state index is 0.118. The summed E-state index contributed by atoms with van der Waals surface area (Å²) in [5.41, 5.74) is 1.55. The summed E-state index contributed by atoms with van der Waals surface area (Å²) < 4.78 is 0. The van der Waals surface area contributed by atoms with Gasteiger partial charge in [-0.15, -0.1) is 0 Å². The Labute approximate surface area is 103 Å². The van der Waals surface area contributed by atoms with E-state index >= 15 is 0 Å². The van der Waals surface area contributed by atoms with Crippen molar-refractivity contribution in [3.63, 3.8) is 0 Å². The molecule has 0 bridgehead atoms. The van der Waals surface area contributed by atoms with Crippen LogP contribution in [0.5, 0.6) is 0 Å². The molecule has 1 saturated heterocycles. The third-order valence-electron chi connectivity index (χ3n) is 3.28. The summed E-state index contributed by atoms with van der Waals surface area (Å²) in [4.78, 5) is 11.9. The molecule has 0 aliphatic carbocycles. The van der Waals surface area contributed by atoms with Crippen molar-refractivity contribution in [3.8, 4) is 0 Å². The smallest absolute Gasteiger partial charge is 0.253 e. The van der Waals surface area contributed by atoms with E-state index in [9.17, 15) is 4.79 Å². The molecule has 2 aliphatic rings. The van der Waals surface area contributed by atoms with E-state index in [1.165, 1.54) is 0 Å². The monoisotopic (exact) mass is 256 g/mol. The first-order valence-corrected chi connectivity index (χ1v) is 5.93. The maximum absolute atomic E-state index is 11.9. The Kier molecular flexibility index (Phi) is 2.35. The zero-order chi connectivity index (χ0) is 11.3. The van der Waals surface area contributed by atoms with Crippen molar-refractivity contribution < 1.29 is 4.79 Å². The lowest BCUT2D eigenvalue weighted by Gasteiger charge is -2.28. The summed E-state index contributed by atoms with van der Waals surface area (Å²) in [7, 11) is 0. The molecule has 1 aromatic rings. The largest absolute Gasteiger partial charge is 0.347 e. The van der Waals surface area contributed by atoms with Gasteiger partial charge in [-0.25, -0.2) is 0 Å². The third-order valence-corrected chi connectivity index (χ3v) is 4.09. The minimum atomic E-state index is -0.118. The van der Waals surface area contributed by atoms with Gasteiger partial charge in [0, 0.05) is 25.0 Å². The number of carbonyl (C=O) groups is 1. The van der Waals surface area contributed by atoms with Crippen LogP contribution in [-0.4, -0.2) is 25.0 Å². The van der Waals surface area contributed by atoms with Crippen molar-refractivity contribution in [2.24, 2.45) is 0 Å². The highest BCUT2D eigenvalue weighted by Crippen LogP contribution is 2.37. The van der Waals surface area contributed by atoms with Gasteiger partial charge in [-0.1, -0.05) is 29.3 Å². The van der Waals surface area contributed by atoms with Gasteiger partial charge in [0.1, 0.15) is 0 Å². The van der Waals surface area contributed by atoms with Crippen LogP contribution in [0.15, 0.2) is 12.1 Å². The van der Waals surface area contributed by atoms with Crippen LogP contribution in [0.3, 0.4) is 0 Å². The Hall–Kier alpha value is -0.770. The van der Waals surface area contributed by atoms with Crippen molar-refractivity contribution in [3.05, 3.63) is 33.3 Å². The van der Waals surface area contributed by atoms with Gasteiger partial charge < -0.3 is 10.6 Å². The van der Waals surface area contributed by atoms with Gasteiger partial charge in [0.15, 0.2) is 0 Å². The number of hydrogen-bond acceptors (Lipinski definition) is 2. The summed E-state index contributed by atoms with van der Waals surface area (Å²) >= 11 is 12.0. The van der Waals surface area contributed by atoms with E-state index in [4.69, 9.17) is 23.2 Å². The number of rotatable bonds is 0. The molecule has 5 heteroatoms. The average molecular weight is 257 g/mol. The fourth-order valence-electron chi connectivity index (χ4n) is 2.50. The molecular weight excluding hydrogens is 247 g/mol. The van der Waals surface area contributed by atoms with Crippen LogP contribution in [0.1, 0.15) is 21.8 Å². The number of carbonyl (C=O) groups excluding carboxylic acids is 1. The summed E-state index contributed by atoms with van der Waals surface area (Å²) in [6.45, 7) is 1.69. The number of hydrogen-bond donors (Lipinski definition) is 2. The van der Waals surface area contributed by atoms with E-state index < -0.39 is 0 Å². The van der Waals surface area contributed by atoms with E-state index in [0.29, 0.717) is 21.5 Å². The molecule has 2 aliphatic heterocycles. The number of halogens is 2. The molecule has 2 N–H and O–H groups in total. The molecular formula is C11H10Cl2N2O. The van der Waals surface area contributed by atoms with Gasteiger partial charge in [0.25, 0.3) is 5.91 Å². The van der Waals surface area contributed by atoms with Gasteiger partial charge in [0.2, 0.25) is 0 Å². The van der Waals surface area contributed by atoms with E-state index in [0.717, 1.165) is 18.7 Å². The Balaban J connectivity index is 2.20. The Morgan fingerprint density at radius 2 is 2.06 bits per heavy atom. The predicted octanol–water partition coefficient (Wildman–Crippen LogP) is 1.79. The molecule has 84 valence electrons. The van der Waals surface area contributed by atoms with Crippen LogP contribution < -0.4 is 10.6 Å². The van der Waals surface area contributed by atoms with Crippen molar-refractivity contribution in [1.29, 1.82) is 0 Å². The second-order valence-electron chi connectivity index (χ2n) is 4.17. The molecule has 3 nitrogen and oxygen atoms in total. The lowest BCUT2D eigenvalue weighted by molar-refractivity contribution is 0.0924. The quantitative estimate of drug-likeness (QED) is 0.744. The molecule has 0 spiro atoms. The van der Waals surface area contributed by atoms with E-state index in [-0.39, 0.29) is 11.9 Å². The lowest BCUT2D eigenvalue weighted by Crippen LogP contribution is -2.44. The summed E-state index contributed by atoms with van der Waals surface area (Å²) in [6, 6.07) is 3.85.